The molecule has 0 radical (unpaired) electrons. The molecule has 0 saturated carbocycles. The summed E-state index contributed by atoms with van der Waals surface area (Å²) in [6.45, 7) is 3.89. The summed E-state index contributed by atoms with van der Waals surface area (Å²) in [7, 11) is 0. The van der Waals surface area contributed by atoms with Crippen LogP contribution in [0.5, 0.6) is 0 Å². The number of hydrogen-bond donors (Lipinski definition) is 4. The summed E-state index contributed by atoms with van der Waals surface area (Å²) in [5.41, 5.74) is 0. The van der Waals surface area contributed by atoms with Crippen LogP contribution >= 0.6 is 0 Å². The summed E-state index contributed by atoms with van der Waals surface area (Å²) in [6.07, 6.45) is -5.44. The lowest BCUT2D eigenvalue weighted by Gasteiger charge is -2.38. The monoisotopic (exact) mass is 206 g/mol. The second-order valence-corrected chi connectivity index (χ2v) is 4.17. The Kier molecular flexibility index (Phi) is 3.86. The maximum absolute atomic E-state index is 9.53. The molecule has 1 saturated heterocycles. The second kappa shape index (κ2) is 4.55. The average Bonchev–Trinajstić information content (AvgIpc) is 2.10. The minimum absolute atomic E-state index is 0.282. The minimum Gasteiger partial charge on any atom is -0.388 e. The predicted molar refractivity (Wildman–Crippen MR) is 48.4 cm³/mol. The van der Waals surface area contributed by atoms with Gasteiger partial charge in [-0.15, -0.1) is 0 Å². The van der Waals surface area contributed by atoms with Gasteiger partial charge in [-0.3, -0.25) is 0 Å². The third-order valence-corrected chi connectivity index (χ3v) is 2.39. The zero-order chi connectivity index (χ0) is 10.9. The predicted octanol–water partition coefficient (Wildman–Crippen LogP) is -1.17. The third kappa shape index (κ3) is 2.43. The SMILES string of the molecule is CC(C)C[C@@H]1OC(O)[C@@H](O)[C@H](O)[C@@H]1O. The normalized spacial score (nSPS) is 44.4. The van der Waals surface area contributed by atoms with Crippen LogP contribution in [0.15, 0.2) is 0 Å². The molecule has 1 unspecified atom stereocenters. The van der Waals surface area contributed by atoms with Crippen LogP contribution < -0.4 is 0 Å². The molecule has 1 rings (SSSR count). The van der Waals surface area contributed by atoms with Gasteiger partial charge >= 0.3 is 0 Å². The Bertz CT molecular complexity index is 184. The Morgan fingerprint density at radius 2 is 1.57 bits per heavy atom. The lowest BCUT2D eigenvalue weighted by atomic mass is 9.93. The van der Waals surface area contributed by atoms with Crippen molar-refractivity contribution < 1.29 is 25.2 Å². The Morgan fingerprint density at radius 3 is 2.07 bits per heavy atom. The first-order valence-corrected chi connectivity index (χ1v) is 4.81. The van der Waals surface area contributed by atoms with Crippen LogP contribution in [0.3, 0.4) is 0 Å². The quantitative estimate of drug-likeness (QED) is 0.457. The first kappa shape index (κ1) is 11.9. The summed E-state index contributed by atoms with van der Waals surface area (Å²) >= 11 is 0. The molecule has 84 valence electrons. The fourth-order valence-corrected chi connectivity index (χ4v) is 1.59. The van der Waals surface area contributed by atoms with E-state index in [1.807, 2.05) is 13.8 Å². The van der Waals surface area contributed by atoms with Crippen molar-refractivity contribution >= 4 is 0 Å². The molecule has 0 aromatic heterocycles. The van der Waals surface area contributed by atoms with E-state index in [1.54, 1.807) is 0 Å². The summed E-state index contributed by atoms with van der Waals surface area (Å²) < 4.78 is 4.99. The molecule has 1 heterocycles. The van der Waals surface area contributed by atoms with Crippen molar-refractivity contribution in [1.82, 2.24) is 0 Å². The number of hydrogen-bond acceptors (Lipinski definition) is 5. The first-order chi connectivity index (χ1) is 6.43. The van der Waals surface area contributed by atoms with Crippen molar-refractivity contribution in [3.8, 4) is 0 Å². The molecular formula is C9H18O5. The molecule has 1 aliphatic rings. The van der Waals surface area contributed by atoms with Crippen LogP contribution in [0.1, 0.15) is 20.3 Å². The van der Waals surface area contributed by atoms with Gasteiger partial charge in [0, 0.05) is 0 Å². The van der Waals surface area contributed by atoms with Crippen molar-refractivity contribution in [2.75, 3.05) is 0 Å². The topological polar surface area (TPSA) is 90.2 Å². The second-order valence-electron chi connectivity index (χ2n) is 4.17. The van der Waals surface area contributed by atoms with E-state index >= 15 is 0 Å². The average molecular weight is 206 g/mol. The van der Waals surface area contributed by atoms with Crippen LogP contribution in [0, 0.1) is 5.92 Å². The molecule has 0 amide bonds. The van der Waals surface area contributed by atoms with E-state index in [9.17, 15) is 20.4 Å². The van der Waals surface area contributed by atoms with E-state index in [2.05, 4.69) is 0 Å². The Balaban J connectivity index is 2.60. The maximum atomic E-state index is 9.53. The van der Waals surface area contributed by atoms with Gasteiger partial charge in [-0.1, -0.05) is 13.8 Å². The van der Waals surface area contributed by atoms with Gasteiger partial charge < -0.3 is 25.2 Å². The molecule has 0 aromatic carbocycles. The highest BCUT2D eigenvalue weighted by Gasteiger charge is 2.42. The van der Waals surface area contributed by atoms with Gasteiger partial charge in [0.2, 0.25) is 0 Å². The number of aliphatic hydroxyl groups excluding tert-OH is 4. The van der Waals surface area contributed by atoms with Crippen molar-refractivity contribution in [2.24, 2.45) is 5.92 Å². The highest BCUT2D eigenvalue weighted by Crippen LogP contribution is 2.24. The van der Waals surface area contributed by atoms with E-state index in [0.29, 0.717) is 6.42 Å². The van der Waals surface area contributed by atoms with Crippen molar-refractivity contribution in [2.45, 2.75) is 51.0 Å². The van der Waals surface area contributed by atoms with E-state index in [1.165, 1.54) is 0 Å². The maximum Gasteiger partial charge on any atom is 0.183 e. The highest BCUT2D eigenvalue weighted by molar-refractivity contribution is 4.88. The number of aliphatic hydroxyl groups is 4. The van der Waals surface area contributed by atoms with Gasteiger partial charge in [-0.05, 0) is 12.3 Å². The van der Waals surface area contributed by atoms with Crippen LogP contribution in [0.2, 0.25) is 0 Å². The lowest BCUT2D eigenvalue weighted by molar-refractivity contribution is -0.283. The number of rotatable bonds is 2. The van der Waals surface area contributed by atoms with Gasteiger partial charge in [-0.2, -0.15) is 0 Å². The standard InChI is InChI=1S/C9H18O5/c1-4(2)3-5-6(10)7(11)8(12)9(13)14-5/h4-13H,3H2,1-2H3/t5-,6+,7+,8-,9?/m0/s1. The molecule has 5 nitrogen and oxygen atoms in total. The molecule has 0 aromatic rings. The van der Waals surface area contributed by atoms with E-state index < -0.39 is 30.7 Å². The molecule has 0 spiro atoms. The Labute approximate surface area is 82.9 Å². The van der Waals surface area contributed by atoms with Crippen LogP contribution in [-0.2, 0) is 4.74 Å². The summed E-state index contributed by atoms with van der Waals surface area (Å²) in [5.74, 6) is 0.282. The van der Waals surface area contributed by atoms with Crippen LogP contribution in [-0.4, -0.2) is 51.1 Å². The van der Waals surface area contributed by atoms with Gasteiger partial charge in [0.15, 0.2) is 6.29 Å². The van der Waals surface area contributed by atoms with Crippen molar-refractivity contribution in [3.63, 3.8) is 0 Å². The Hall–Kier alpha value is -0.200. The zero-order valence-corrected chi connectivity index (χ0v) is 8.37. The van der Waals surface area contributed by atoms with Crippen LogP contribution in [0.4, 0.5) is 0 Å². The fourth-order valence-electron chi connectivity index (χ4n) is 1.59. The minimum atomic E-state index is -1.44. The van der Waals surface area contributed by atoms with E-state index in [0.717, 1.165) is 0 Å². The molecule has 1 aliphatic heterocycles. The smallest absolute Gasteiger partial charge is 0.183 e. The highest BCUT2D eigenvalue weighted by atomic mass is 16.6. The molecule has 14 heavy (non-hydrogen) atoms. The van der Waals surface area contributed by atoms with Gasteiger partial charge in [0.1, 0.15) is 18.3 Å². The fraction of sp³-hybridized carbons (Fsp3) is 1.00. The van der Waals surface area contributed by atoms with Crippen molar-refractivity contribution in [1.29, 1.82) is 0 Å². The molecule has 5 heteroatoms. The molecule has 1 fully saturated rings. The van der Waals surface area contributed by atoms with Gasteiger partial charge in [0.05, 0.1) is 6.10 Å². The molecule has 0 bridgehead atoms. The van der Waals surface area contributed by atoms with Gasteiger partial charge in [0.25, 0.3) is 0 Å². The molecule has 5 atom stereocenters. The molecular weight excluding hydrogens is 188 g/mol. The van der Waals surface area contributed by atoms with Crippen LogP contribution in [0.25, 0.3) is 0 Å². The largest absolute Gasteiger partial charge is 0.388 e. The summed E-state index contributed by atoms with van der Waals surface area (Å²) in [5, 5.41) is 37.3. The third-order valence-electron chi connectivity index (χ3n) is 2.39. The molecule has 4 N–H and O–H groups in total. The number of ether oxygens (including phenoxy) is 1. The first-order valence-electron chi connectivity index (χ1n) is 4.81. The van der Waals surface area contributed by atoms with Gasteiger partial charge in [-0.25, -0.2) is 0 Å². The van der Waals surface area contributed by atoms with E-state index in [-0.39, 0.29) is 5.92 Å². The zero-order valence-electron chi connectivity index (χ0n) is 8.37. The summed E-state index contributed by atoms with van der Waals surface area (Å²) in [4.78, 5) is 0. The Morgan fingerprint density at radius 1 is 1.00 bits per heavy atom. The lowest BCUT2D eigenvalue weighted by Crippen LogP contribution is -2.57. The van der Waals surface area contributed by atoms with Crippen molar-refractivity contribution in [3.05, 3.63) is 0 Å². The van der Waals surface area contributed by atoms with E-state index in [4.69, 9.17) is 4.74 Å². The summed E-state index contributed by atoms with van der Waals surface area (Å²) in [6, 6.07) is 0. The molecule has 0 aliphatic carbocycles.